The van der Waals surface area contributed by atoms with Gasteiger partial charge in [-0.05, 0) is 67.1 Å². The lowest BCUT2D eigenvalue weighted by Crippen LogP contribution is -2.28. The van der Waals surface area contributed by atoms with Gasteiger partial charge in [0, 0.05) is 18.0 Å². The third-order valence-corrected chi connectivity index (χ3v) is 8.08. The molecule has 1 aliphatic rings. The molecule has 1 N–H and O–H groups in total. The normalized spacial score (nSPS) is 13.4. The molecule has 0 saturated heterocycles. The van der Waals surface area contributed by atoms with Gasteiger partial charge in [-0.1, -0.05) is 18.2 Å². The van der Waals surface area contributed by atoms with Gasteiger partial charge in [-0.3, -0.25) is 14.3 Å². The van der Waals surface area contributed by atoms with Crippen LogP contribution in [0.5, 0.6) is 17.4 Å². The first kappa shape index (κ1) is 24.5. The monoisotopic (exact) mass is 519 g/mol. The zero-order valence-electron chi connectivity index (χ0n) is 20.5. The molecule has 1 fully saturated rings. The van der Waals surface area contributed by atoms with Crippen molar-refractivity contribution in [2.45, 2.75) is 35.5 Å². The lowest BCUT2D eigenvalue weighted by atomic mass is 10.1. The Balaban J connectivity index is 1.82. The van der Waals surface area contributed by atoms with Crippen molar-refractivity contribution in [3.63, 3.8) is 0 Å². The molecule has 5 rings (SSSR count). The van der Waals surface area contributed by atoms with Crippen LogP contribution in [0.1, 0.15) is 29.9 Å². The van der Waals surface area contributed by atoms with E-state index in [1.54, 1.807) is 42.6 Å². The van der Waals surface area contributed by atoms with E-state index in [1.165, 1.54) is 32.5 Å². The van der Waals surface area contributed by atoms with Gasteiger partial charge in [0.1, 0.15) is 17.2 Å². The van der Waals surface area contributed by atoms with E-state index in [9.17, 15) is 18.3 Å². The molecule has 0 unspecified atom stereocenters. The summed E-state index contributed by atoms with van der Waals surface area (Å²) < 4.78 is 39.4. The molecule has 0 amide bonds. The van der Waals surface area contributed by atoms with Crippen LogP contribution >= 0.6 is 0 Å². The lowest BCUT2D eigenvalue weighted by Gasteiger charge is -2.19. The van der Waals surface area contributed by atoms with Crippen LogP contribution in [-0.2, 0) is 9.84 Å². The fraction of sp³-hybridized carbons (Fsp3) is 0.222. The van der Waals surface area contributed by atoms with Gasteiger partial charge < -0.3 is 14.6 Å². The van der Waals surface area contributed by atoms with Crippen molar-refractivity contribution in [3.05, 3.63) is 82.4 Å². The highest BCUT2D eigenvalue weighted by atomic mass is 32.2. The molecule has 190 valence electrons. The smallest absolute Gasteiger partial charge is 0.281 e. The first-order valence-corrected chi connectivity index (χ1v) is 13.1. The van der Waals surface area contributed by atoms with Crippen molar-refractivity contribution in [2.75, 3.05) is 14.2 Å². The summed E-state index contributed by atoms with van der Waals surface area (Å²) in [5.74, 6) is -0.00687. The molecule has 10 heteroatoms. The second-order valence-corrected chi connectivity index (χ2v) is 10.7. The van der Waals surface area contributed by atoms with Crippen molar-refractivity contribution >= 4 is 9.84 Å². The minimum atomic E-state index is -4.44. The highest BCUT2D eigenvalue weighted by molar-refractivity contribution is 7.91. The number of ether oxygens (including phenoxy) is 2. The predicted molar refractivity (Wildman–Crippen MR) is 136 cm³/mol. The molecule has 37 heavy (non-hydrogen) atoms. The highest BCUT2D eigenvalue weighted by Crippen LogP contribution is 2.41. The van der Waals surface area contributed by atoms with Crippen LogP contribution in [0.25, 0.3) is 17.1 Å². The maximum Gasteiger partial charge on any atom is 0.281 e. The van der Waals surface area contributed by atoms with Crippen molar-refractivity contribution in [2.24, 2.45) is 0 Å². The molecule has 2 heterocycles. The predicted octanol–water partition coefficient (Wildman–Crippen LogP) is 4.04. The van der Waals surface area contributed by atoms with Gasteiger partial charge in [0.2, 0.25) is 15.7 Å². The lowest BCUT2D eigenvalue weighted by molar-refractivity contribution is 0.388. The number of aryl methyl sites for hydroxylation is 1. The standard InChI is InChI=1S/C27H25N3O6S/c1-16-13-19(15-28-14-16)25-29-26(31)24(37(33,34)20-11-9-18(10-12-20)17-7-8-17)27(32)30(25)23-21(35-2)5-4-6-22(23)36-3/h4-6,9-15,17,31H,7-8H2,1-3H3. The molecule has 1 aliphatic carbocycles. The Bertz CT molecular complexity index is 1640. The highest BCUT2D eigenvalue weighted by Gasteiger charge is 2.32. The van der Waals surface area contributed by atoms with Gasteiger partial charge in [0.15, 0.2) is 10.7 Å². The molecule has 4 aromatic rings. The number of nitrogens with zero attached hydrogens (tertiary/aromatic N) is 3. The quantitative estimate of drug-likeness (QED) is 0.388. The summed E-state index contributed by atoms with van der Waals surface area (Å²) >= 11 is 0. The number of hydrogen-bond donors (Lipinski definition) is 1. The van der Waals surface area contributed by atoms with Crippen molar-refractivity contribution < 1.29 is 23.0 Å². The van der Waals surface area contributed by atoms with E-state index in [2.05, 4.69) is 9.97 Å². The van der Waals surface area contributed by atoms with Crippen LogP contribution in [0.3, 0.4) is 0 Å². The van der Waals surface area contributed by atoms with E-state index >= 15 is 0 Å². The Morgan fingerprint density at radius 1 is 1.00 bits per heavy atom. The zero-order chi connectivity index (χ0) is 26.3. The summed E-state index contributed by atoms with van der Waals surface area (Å²) in [5, 5.41) is 10.9. The number of para-hydroxylation sites is 1. The van der Waals surface area contributed by atoms with Gasteiger partial charge in [-0.2, -0.15) is 4.98 Å². The fourth-order valence-corrected chi connectivity index (χ4v) is 5.65. The summed E-state index contributed by atoms with van der Waals surface area (Å²) in [5.41, 5.74) is 1.34. The van der Waals surface area contributed by atoms with E-state index in [-0.39, 0.29) is 27.9 Å². The van der Waals surface area contributed by atoms with Crippen LogP contribution in [0.4, 0.5) is 0 Å². The van der Waals surface area contributed by atoms with E-state index in [0.717, 1.165) is 28.5 Å². The minimum Gasteiger partial charge on any atom is -0.494 e. The Hall–Kier alpha value is -4.18. The summed E-state index contributed by atoms with van der Waals surface area (Å²) in [6, 6.07) is 13.0. The Morgan fingerprint density at radius 3 is 2.22 bits per heavy atom. The first-order valence-electron chi connectivity index (χ1n) is 11.6. The molecule has 0 radical (unpaired) electrons. The fourth-order valence-electron chi connectivity index (χ4n) is 4.31. The second kappa shape index (κ2) is 9.36. The molecule has 1 saturated carbocycles. The van der Waals surface area contributed by atoms with E-state index < -0.39 is 26.2 Å². The van der Waals surface area contributed by atoms with Gasteiger partial charge in [-0.15, -0.1) is 0 Å². The number of benzene rings is 2. The SMILES string of the molecule is COc1cccc(OC)c1-n1c(-c2cncc(C)c2)nc(O)c(S(=O)(=O)c2ccc(C3CC3)cc2)c1=O. The van der Waals surface area contributed by atoms with E-state index in [4.69, 9.17) is 9.47 Å². The van der Waals surface area contributed by atoms with Crippen LogP contribution in [0.2, 0.25) is 0 Å². The summed E-state index contributed by atoms with van der Waals surface area (Å²) in [6.45, 7) is 1.81. The maximum absolute atomic E-state index is 14.1. The summed E-state index contributed by atoms with van der Waals surface area (Å²) in [7, 11) is -1.60. The average Bonchev–Trinajstić information content (AvgIpc) is 3.74. The van der Waals surface area contributed by atoms with Crippen molar-refractivity contribution in [1.82, 2.24) is 14.5 Å². The Kier molecular flexibility index (Phi) is 6.20. The molecule has 0 aliphatic heterocycles. The third-order valence-electron chi connectivity index (χ3n) is 6.29. The molecule has 9 nitrogen and oxygen atoms in total. The Morgan fingerprint density at radius 2 is 1.65 bits per heavy atom. The topological polar surface area (TPSA) is 121 Å². The summed E-state index contributed by atoms with van der Waals surface area (Å²) in [4.78, 5) is 21.5. The largest absolute Gasteiger partial charge is 0.494 e. The van der Waals surface area contributed by atoms with E-state index in [0.29, 0.717) is 11.5 Å². The molecular weight excluding hydrogens is 494 g/mol. The number of rotatable bonds is 7. The van der Waals surface area contributed by atoms with Crippen molar-refractivity contribution in [1.29, 1.82) is 0 Å². The number of sulfone groups is 1. The molecule has 2 aromatic heterocycles. The van der Waals surface area contributed by atoms with Crippen LogP contribution in [0, 0.1) is 6.92 Å². The van der Waals surface area contributed by atoms with Crippen LogP contribution in [0.15, 0.2) is 75.5 Å². The maximum atomic E-state index is 14.1. The number of methoxy groups -OCH3 is 2. The second-order valence-electron chi connectivity index (χ2n) is 8.84. The average molecular weight is 520 g/mol. The van der Waals surface area contributed by atoms with Gasteiger partial charge in [-0.25, -0.2) is 8.42 Å². The van der Waals surface area contributed by atoms with Gasteiger partial charge >= 0.3 is 0 Å². The number of pyridine rings is 1. The number of hydrogen-bond acceptors (Lipinski definition) is 8. The van der Waals surface area contributed by atoms with Crippen LogP contribution in [-0.4, -0.2) is 42.3 Å². The molecule has 0 atom stereocenters. The van der Waals surface area contributed by atoms with Crippen LogP contribution < -0.4 is 15.0 Å². The number of aromatic nitrogens is 3. The van der Waals surface area contributed by atoms with Gasteiger partial charge in [0.25, 0.3) is 5.56 Å². The van der Waals surface area contributed by atoms with Crippen molar-refractivity contribution in [3.8, 4) is 34.5 Å². The summed E-state index contributed by atoms with van der Waals surface area (Å²) in [6.07, 6.45) is 5.23. The minimum absolute atomic E-state index is 0.0236. The number of aromatic hydroxyl groups is 1. The first-order chi connectivity index (χ1) is 17.8. The molecule has 2 aromatic carbocycles. The zero-order valence-corrected chi connectivity index (χ0v) is 21.3. The molecule has 0 spiro atoms. The van der Waals surface area contributed by atoms with Gasteiger partial charge in [0.05, 0.1) is 19.1 Å². The molecule has 0 bridgehead atoms. The van der Waals surface area contributed by atoms with E-state index in [1.807, 2.05) is 6.92 Å². The Labute approximate surface area is 213 Å². The molecular formula is C27H25N3O6S. The third kappa shape index (κ3) is 4.33.